The van der Waals surface area contributed by atoms with Crippen LogP contribution in [-0.2, 0) is 6.54 Å². The van der Waals surface area contributed by atoms with Crippen LogP contribution in [0.2, 0.25) is 0 Å². The number of halogens is 1. The monoisotopic (exact) mass is 471 g/mol. The highest BCUT2D eigenvalue weighted by molar-refractivity contribution is 14.0. The zero-order valence-electron chi connectivity index (χ0n) is 16.2. The van der Waals surface area contributed by atoms with E-state index in [-0.39, 0.29) is 24.0 Å². The normalized spacial score (nSPS) is 23.5. The molecule has 1 aromatic rings. The largest absolute Gasteiger partial charge is 0.357 e. The van der Waals surface area contributed by atoms with Gasteiger partial charge in [-0.25, -0.2) is 9.98 Å². The van der Waals surface area contributed by atoms with Crippen LogP contribution in [0, 0.1) is 5.92 Å². The number of pyridine rings is 1. The molecule has 6 heteroatoms. The number of rotatable bonds is 5. The first-order valence-electron chi connectivity index (χ1n) is 9.99. The highest BCUT2D eigenvalue weighted by Crippen LogP contribution is 2.23. The van der Waals surface area contributed by atoms with Crippen LogP contribution in [0.25, 0.3) is 0 Å². The summed E-state index contributed by atoms with van der Waals surface area (Å²) in [7, 11) is 0. The summed E-state index contributed by atoms with van der Waals surface area (Å²) in [5.74, 6) is 2.91. The van der Waals surface area contributed by atoms with E-state index in [1.165, 1.54) is 38.5 Å². The maximum atomic E-state index is 4.76. The molecule has 26 heavy (non-hydrogen) atoms. The molecule has 5 nitrogen and oxygen atoms in total. The average molecular weight is 471 g/mol. The van der Waals surface area contributed by atoms with Gasteiger partial charge in [0.2, 0.25) is 0 Å². The summed E-state index contributed by atoms with van der Waals surface area (Å²) in [6.07, 6.45) is 9.67. The Labute approximate surface area is 175 Å². The fourth-order valence-corrected chi connectivity index (χ4v) is 3.73. The maximum Gasteiger partial charge on any atom is 0.191 e. The van der Waals surface area contributed by atoms with Gasteiger partial charge in [0, 0.05) is 31.9 Å². The topological polar surface area (TPSA) is 52.6 Å². The van der Waals surface area contributed by atoms with Gasteiger partial charge in [0.1, 0.15) is 5.82 Å². The average Bonchev–Trinajstić information content (AvgIpc) is 3.17. The number of hydrogen-bond acceptors (Lipinski definition) is 3. The van der Waals surface area contributed by atoms with Gasteiger partial charge in [0.05, 0.1) is 6.54 Å². The molecule has 0 spiro atoms. The first kappa shape index (κ1) is 21.3. The molecule has 1 saturated carbocycles. The number of guanidine groups is 1. The molecule has 1 aliphatic carbocycles. The fraction of sp³-hybridized carbons (Fsp3) is 0.700. The minimum Gasteiger partial charge on any atom is -0.357 e. The Bertz CT molecular complexity index is 546. The zero-order valence-corrected chi connectivity index (χ0v) is 18.5. The number of hydrogen-bond donors (Lipinski definition) is 2. The standard InChI is InChI=1S/C20H33N5.HI/c1-3-21-20(24-18-9-6-16(2)7-10-18)23-15-17-8-11-19(22-14-17)25-12-4-5-13-25;/h8,11,14,16,18H,3-7,9-10,12-13,15H2,1-2H3,(H2,21,23,24);1H. The molecule has 2 N–H and O–H groups in total. The summed E-state index contributed by atoms with van der Waals surface area (Å²) in [5, 5.41) is 6.99. The smallest absolute Gasteiger partial charge is 0.191 e. The zero-order chi connectivity index (χ0) is 17.5. The lowest BCUT2D eigenvalue weighted by atomic mass is 9.87. The molecule has 2 fully saturated rings. The van der Waals surface area contributed by atoms with Crippen molar-refractivity contribution in [2.45, 2.75) is 65.0 Å². The number of anilines is 1. The SMILES string of the molecule is CCNC(=NCc1ccc(N2CCCC2)nc1)NC1CCC(C)CC1.I. The minimum absolute atomic E-state index is 0. The first-order valence-corrected chi connectivity index (χ1v) is 9.99. The molecule has 2 aliphatic rings. The van der Waals surface area contributed by atoms with Crippen LogP contribution in [-0.4, -0.2) is 36.6 Å². The van der Waals surface area contributed by atoms with Crippen LogP contribution in [0.5, 0.6) is 0 Å². The van der Waals surface area contributed by atoms with E-state index < -0.39 is 0 Å². The number of nitrogens with zero attached hydrogens (tertiary/aromatic N) is 3. The van der Waals surface area contributed by atoms with Gasteiger partial charge in [-0.2, -0.15) is 0 Å². The Kier molecular flexibility index (Phi) is 8.95. The van der Waals surface area contributed by atoms with Crippen molar-refractivity contribution in [3.63, 3.8) is 0 Å². The van der Waals surface area contributed by atoms with Gasteiger partial charge in [0.25, 0.3) is 0 Å². The Balaban J connectivity index is 0.00000243. The minimum atomic E-state index is 0. The van der Waals surface area contributed by atoms with Crippen molar-refractivity contribution >= 4 is 35.8 Å². The molecule has 0 unspecified atom stereocenters. The summed E-state index contributed by atoms with van der Waals surface area (Å²) in [4.78, 5) is 11.8. The van der Waals surface area contributed by atoms with Crippen molar-refractivity contribution in [1.29, 1.82) is 0 Å². The van der Waals surface area contributed by atoms with Crippen LogP contribution in [0.4, 0.5) is 5.82 Å². The Morgan fingerprint density at radius 3 is 2.54 bits per heavy atom. The summed E-state index contributed by atoms with van der Waals surface area (Å²) >= 11 is 0. The number of aliphatic imine (C=N–C) groups is 1. The third-order valence-electron chi connectivity index (χ3n) is 5.36. The molecule has 3 rings (SSSR count). The van der Waals surface area contributed by atoms with Crippen LogP contribution < -0.4 is 15.5 Å². The lowest BCUT2D eigenvalue weighted by Crippen LogP contribution is -2.44. The third-order valence-corrected chi connectivity index (χ3v) is 5.36. The molecule has 0 radical (unpaired) electrons. The lowest BCUT2D eigenvalue weighted by molar-refractivity contribution is 0.329. The van der Waals surface area contributed by atoms with E-state index in [0.29, 0.717) is 12.6 Å². The maximum absolute atomic E-state index is 4.76. The van der Waals surface area contributed by atoms with Crippen LogP contribution in [0.3, 0.4) is 0 Å². The second kappa shape index (κ2) is 10.9. The van der Waals surface area contributed by atoms with Gasteiger partial charge in [-0.15, -0.1) is 24.0 Å². The summed E-state index contributed by atoms with van der Waals surface area (Å²) in [5.41, 5.74) is 1.16. The predicted molar refractivity (Wildman–Crippen MR) is 120 cm³/mol. The molecule has 0 bridgehead atoms. The highest BCUT2D eigenvalue weighted by atomic mass is 127. The van der Waals surface area contributed by atoms with Gasteiger partial charge in [-0.1, -0.05) is 13.0 Å². The van der Waals surface area contributed by atoms with Gasteiger partial charge >= 0.3 is 0 Å². The van der Waals surface area contributed by atoms with Crippen molar-refractivity contribution in [2.24, 2.45) is 10.9 Å². The Hall–Kier alpha value is -1.05. The molecular weight excluding hydrogens is 437 g/mol. The molecule has 2 heterocycles. The molecule has 1 saturated heterocycles. The first-order chi connectivity index (χ1) is 12.2. The molecular formula is C20H34IN5. The fourth-order valence-electron chi connectivity index (χ4n) is 3.73. The van der Waals surface area contributed by atoms with Gasteiger partial charge in [0.15, 0.2) is 5.96 Å². The van der Waals surface area contributed by atoms with Crippen molar-refractivity contribution in [1.82, 2.24) is 15.6 Å². The number of aromatic nitrogens is 1. The third kappa shape index (κ3) is 6.28. The van der Waals surface area contributed by atoms with Crippen molar-refractivity contribution in [3.05, 3.63) is 23.9 Å². The van der Waals surface area contributed by atoms with E-state index in [1.54, 1.807) is 0 Å². The van der Waals surface area contributed by atoms with Gasteiger partial charge in [-0.3, -0.25) is 0 Å². The van der Waals surface area contributed by atoms with Gasteiger partial charge < -0.3 is 15.5 Å². The molecule has 0 atom stereocenters. The molecule has 0 aromatic carbocycles. The number of nitrogens with one attached hydrogen (secondary N) is 2. The van der Waals surface area contributed by atoms with Crippen LogP contribution in [0.1, 0.15) is 57.9 Å². The molecule has 0 amide bonds. The van der Waals surface area contributed by atoms with E-state index in [9.17, 15) is 0 Å². The lowest BCUT2D eigenvalue weighted by Gasteiger charge is -2.28. The van der Waals surface area contributed by atoms with E-state index >= 15 is 0 Å². The molecule has 1 aromatic heterocycles. The summed E-state index contributed by atoms with van der Waals surface area (Å²) < 4.78 is 0. The summed E-state index contributed by atoms with van der Waals surface area (Å²) in [6, 6.07) is 4.86. The molecule has 1 aliphatic heterocycles. The quantitative estimate of drug-likeness (QED) is 0.388. The van der Waals surface area contributed by atoms with E-state index in [2.05, 4.69) is 46.5 Å². The van der Waals surface area contributed by atoms with E-state index in [0.717, 1.165) is 42.9 Å². The van der Waals surface area contributed by atoms with Crippen molar-refractivity contribution in [2.75, 3.05) is 24.5 Å². The van der Waals surface area contributed by atoms with Crippen LogP contribution in [0.15, 0.2) is 23.3 Å². The predicted octanol–water partition coefficient (Wildman–Crippen LogP) is 3.93. The second-order valence-corrected chi connectivity index (χ2v) is 7.52. The Morgan fingerprint density at radius 1 is 1.19 bits per heavy atom. The van der Waals surface area contributed by atoms with Crippen LogP contribution >= 0.6 is 24.0 Å². The van der Waals surface area contributed by atoms with E-state index in [4.69, 9.17) is 4.99 Å². The highest BCUT2D eigenvalue weighted by Gasteiger charge is 2.19. The van der Waals surface area contributed by atoms with E-state index in [1.807, 2.05) is 6.20 Å². The second-order valence-electron chi connectivity index (χ2n) is 7.52. The van der Waals surface area contributed by atoms with Crippen molar-refractivity contribution in [3.8, 4) is 0 Å². The van der Waals surface area contributed by atoms with Crippen molar-refractivity contribution < 1.29 is 0 Å². The molecule has 146 valence electrons. The Morgan fingerprint density at radius 2 is 1.92 bits per heavy atom. The summed E-state index contributed by atoms with van der Waals surface area (Å²) in [6.45, 7) is 8.31. The van der Waals surface area contributed by atoms with Gasteiger partial charge in [-0.05, 0) is 63.0 Å².